The summed E-state index contributed by atoms with van der Waals surface area (Å²) in [6, 6.07) is -0.444. The highest BCUT2D eigenvalue weighted by molar-refractivity contribution is 6.84. The standard InChI is InChI=1S/C9H18BNO2.C2H6/c1-10(13)9(12)8(11)7-5-3-2-4-6-7;1-2/h7-8,13H,2-6,11H2,1H3;1-2H3. The number of carbonyl (C=O) groups excluding carboxylic acids is 1. The highest BCUT2D eigenvalue weighted by Gasteiger charge is 2.29. The van der Waals surface area contributed by atoms with Gasteiger partial charge >= 0.3 is 6.92 Å². The van der Waals surface area contributed by atoms with Gasteiger partial charge in [-0.2, -0.15) is 0 Å². The molecule has 1 rings (SSSR count). The van der Waals surface area contributed by atoms with E-state index in [9.17, 15) is 4.79 Å². The molecule has 0 amide bonds. The van der Waals surface area contributed by atoms with Crippen LogP contribution in [0, 0.1) is 5.92 Å². The lowest BCUT2D eigenvalue weighted by Crippen LogP contribution is -2.45. The third-order valence-corrected chi connectivity index (χ3v) is 2.90. The molecular formula is C11H24BNO2. The minimum atomic E-state index is -0.906. The van der Waals surface area contributed by atoms with Crippen molar-refractivity contribution in [3.05, 3.63) is 0 Å². The van der Waals surface area contributed by atoms with E-state index in [0.29, 0.717) is 5.92 Å². The number of hydrogen-bond donors (Lipinski definition) is 2. The molecule has 1 aliphatic rings. The first-order valence-corrected chi connectivity index (χ1v) is 6.10. The van der Waals surface area contributed by atoms with Gasteiger partial charge in [0.05, 0.1) is 6.04 Å². The molecule has 3 nitrogen and oxygen atoms in total. The van der Waals surface area contributed by atoms with Gasteiger partial charge in [0.2, 0.25) is 0 Å². The van der Waals surface area contributed by atoms with Gasteiger partial charge in [0, 0.05) is 0 Å². The Labute approximate surface area is 93.5 Å². The molecule has 0 aromatic heterocycles. The summed E-state index contributed by atoms with van der Waals surface area (Å²) in [6.07, 6.45) is 5.68. The molecule has 0 heterocycles. The van der Waals surface area contributed by atoms with Gasteiger partial charge in [-0.25, -0.2) is 0 Å². The first-order chi connectivity index (χ1) is 7.13. The summed E-state index contributed by atoms with van der Waals surface area (Å²) in [5.74, 6) is 0.302. The molecular weight excluding hydrogens is 189 g/mol. The van der Waals surface area contributed by atoms with Crippen LogP contribution >= 0.6 is 0 Å². The van der Waals surface area contributed by atoms with Gasteiger partial charge in [-0.05, 0) is 18.8 Å². The SMILES string of the molecule is CB(O)C(=O)C(N)C1CCCCC1.CC. The summed E-state index contributed by atoms with van der Waals surface area (Å²) in [5.41, 5.74) is 5.58. The molecule has 0 radical (unpaired) electrons. The Kier molecular flexibility index (Phi) is 7.70. The Bertz CT molecular complexity index is 179. The summed E-state index contributed by atoms with van der Waals surface area (Å²) in [7, 11) is 0. The predicted molar refractivity (Wildman–Crippen MR) is 64.7 cm³/mol. The number of hydrogen-bond acceptors (Lipinski definition) is 3. The van der Waals surface area contributed by atoms with Crippen LogP contribution in [0.25, 0.3) is 0 Å². The minimum Gasteiger partial charge on any atom is -0.445 e. The highest BCUT2D eigenvalue weighted by atomic mass is 16.2. The zero-order valence-electron chi connectivity index (χ0n) is 10.2. The normalized spacial score (nSPS) is 18.7. The van der Waals surface area contributed by atoms with E-state index in [0.717, 1.165) is 12.8 Å². The second-order valence-electron chi connectivity index (χ2n) is 4.00. The van der Waals surface area contributed by atoms with Crippen molar-refractivity contribution in [2.24, 2.45) is 11.7 Å². The molecule has 0 saturated heterocycles. The fraction of sp³-hybridized carbons (Fsp3) is 0.909. The van der Waals surface area contributed by atoms with E-state index in [2.05, 4.69) is 0 Å². The molecule has 4 heteroatoms. The summed E-state index contributed by atoms with van der Waals surface area (Å²) in [5, 5.41) is 9.09. The molecule has 0 aliphatic heterocycles. The minimum absolute atomic E-state index is 0.202. The maximum atomic E-state index is 11.4. The van der Waals surface area contributed by atoms with Gasteiger partial charge < -0.3 is 15.6 Å². The molecule has 0 aromatic carbocycles. The molecule has 0 bridgehead atoms. The molecule has 0 spiro atoms. The van der Waals surface area contributed by atoms with E-state index < -0.39 is 13.0 Å². The largest absolute Gasteiger partial charge is 0.445 e. The van der Waals surface area contributed by atoms with Gasteiger partial charge in [0.15, 0.2) is 0 Å². The van der Waals surface area contributed by atoms with Crippen LogP contribution in [-0.2, 0) is 4.79 Å². The Morgan fingerprint density at radius 1 is 1.33 bits per heavy atom. The van der Waals surface area contributed by atoms with Gasteiger partial charge in [-0.15, -0.1) is 0 Å². The Hall–Kier alpha value is -0.345. The first-order valence-electron chi connectivity index (χ1n) is 6.10. The van der Waals surface area contributed by atoms with Crippen molar-refractivity contribution in [1.82, 2.24) is 0 Å². The number of carbonyl (C=O) groups is 1. The van der Waals surface area contributed by atoms with E-state index in [1.54, 1.807) is 0 Å². The van der Waals surface area contributed by atoms with Crippen molar-refractivity contribution in [3.63, 3.8) is 0 Å². The van der Waals surface area contributed by atoms with E-state index >= 15 is 0 Å². The predicted octanol–water partition coefficient (Wildman–Crippen LogP) is 1.64. The van der Waals surface area contributed by atoms with E-state index in [4.69, 9.17) is 10.8 Å². The van der Waals surface area contributed by atoms with Crippen molar-refractivity contribution in [2.75, 3.05) is 0 Å². The van der Waals surface area contributed by atoms with Crippen LogP contribution in [0.2, 0.25) is 6.82 Å². The highest BCUT2D eigenvalue weighted by Crippen LogP contribution is 2.26. The fourth-order valence-electron chi connectivity index (χ4n) is 2.00. The van der Waals surface area contributed by atoms with E-state index in [1.165, 1.54) is 26.1 Å². The summed E-state index contributed by atoms with van der Waals surface area (Å²) in [4.78, 5) is 11.4. The second kappa shape index (κ2) is 7.88. The third-order valence-electron chi connectivity index (χ3n) is 2.90. The van der Waals surface area contributed by atoms with Crippen LogP contribution in [0.4, 0.5) is 0 Å². The molecule has 1 fully saturated rings. The second-order valence-corrected chi connectivity index (χ2v) is 4.00. The zero-order chi connectivity index (χ0) is 11.8. The monoisotopic (exact) mass is 213 g/mol. The Morgan fingerprint density at radius 2 is 1.80 bits per heavy atom. The van der Waals surface area contributed by atoms with E-state index in [-0.39, 0.29) is 5.68 Å². The maximum absolute atomic E-state index is 11.4. The molecule has 15 heavy (non-hydrogen) atoms. The number of rotatable bonds is 3. The fourth-order valence-corrected chi connectivity index (χ4v) is 2.00. The van der Waals surface area contributed by atoms with E-state index in [1.807, 2.05) is 13.8 Å². The smallest absolute Gasteiger partial charge is 0.365 e. The molecule has 3 N–H and O–H groups in total. The lowest BCUT2D eigenvalue weighted by molar-refractivity contribution is -0.115. The van der Waals surface area contributed by atoms with Gasteiger partial charge in [-0.1, -0.05) is 39.9 Å². The van der Waals surface area contributed by atoms with Crippen LogP contribution < -0.4 is 5.73 Å². The summed E-state index contributed by atoms with van der Waals surface area (Å²) < 4.78 is 0. The van der Waals surface area contributed by atoms with Crippen molar-refractivity contribution >= 4 is 12.6 Å². The van der Waals surface area contributed by atoms with Crippen LogP contribution in [0.5, 0.6) is 0 Å². The van der Waals surface area contributed by atoms with Gasteiger partial charge in [-0.3, -0.25) is 0 Å². The third kappa shape index (κ3) is 4.80. The Morgan fingerprint density at radius 3 is 2.20 bits per heavy atom. The van der Waals surface area contributed by atoms with Crippen molar-refractivity contribution in [2.45, 2.75) is 58.8 Å². The summed E-state index contributed by atoms with van der Waals surface area (Å²) >= 11 is 0. The molecule has 1 unspecified atom stereocenters. The van der Waals surface area contributed by atoms with Gasteiger partial charge in [0.1, 0.15) is 5.68 Å². The molecule has 1 atom stereocenters. The quantitative estimate of drug-likeness (QED) is 0.700. The maximum Gasteiger partial charge on any atom is 0.365 e. The molecule has 1 aliphatic carbocycles. The topological polar surface area (TPSA) is 63.3 Å². The number of nitrogens with two attached hydrogens (primary N) is 1. The average Bonchev–Trinajstić information content (AvgIpc) is 2.31. The molecule has 88 valence electrons. The lowest BCUT2D eigenvalue weighted by Gasteiger charge is -2.26. The zero-order valence-corrected chi connectivity index (χ0v) is 10.2. The Balaban J connectivity index is 0.000000921. The summed E-state index contributed by atoms with van der Waals surface area (Å²) in [6.45, 7) is 4.59. The van der Waals surface area contributed by atoms with Crippen LogP contribution in [-0.4, -0.2) is 23.7 Å². The average molecular weight is 213 g/mol. The van der Waals surface area contributed by atoms with Crippen LogP contribution in [0.3, 0.4) is 0 Å². The van der Waals surface area contributed by atoms with Crippen molar-refractivity contribution in [1.29, 1.82) is 0 Å². The van der Waals surface area contributed by atoms with Crippen LogP contribution in [0.1, 0.15) is 46.0 Å². The first kappa shape index (κ1) is 14.7. The van der Waals surface area contributed by atoms with Crippen molar-refractivity contribution < 1.29 is 9.82 Å². The molecule has 0 aromatic rings. The molecule has 1 saturated carbocycles. The van der Waals surface area contributed by atoms with Gasteiger partial charge in [0.25, 0.3) is 0 Å². The lowest BCUT2D eigenvalue weighted by atomic mass is 9.61. The van der Waals surface area contributed by atoms with Crippen LogP contribution in [0.15, 0.2) is 0 Å². The van der Waals surface area contributed by atoms with Crippen molar-refractivity contribution in [3.8, 4) is 0 Å².